The number of rotatable bonds is 6. The van der Waals surface area contributed by atoms with Gasteiger partial charge in [-0.15, -0.1) is 0 Å². The molecule has 0 aliphatic carbocycles. The molecule has 0 aliphatic heterocycles. The van der Waals surface area contributed by atoms with Crippen molar-refractivity contribution in [2.75, 3.05) is 7.11 Å². The second-order valence-corrected chi connectivity index (χ2v) is 4.33. The Bertz CT molecular complexity index is 463. The summed E-state index contributed by atoms with van der Waals surface area (Å²) in [5.74, 6) is -0.365. The van der Waals surface area contributed by atoms with E-state index in [-0.39, 0.29) is 18.6 Å². The van der Waals surface area contributed by atoms with Gasteiger partial charge in [0.05, 0.1) is 12.7 Å². The molecule has 0 amide bonds. The van der Waals surface area contributed by atoms with E-state index in [1.165, 1.54) is 7.11 Å². The minimum absolute atomic E-state index is 0.0128. The summed E-state index contributed by atoms with van der Waals surface area (Å²) < 4.78 is 5.24. The second-order valence-electron chi connectivity index (χ2n) is 4.33. The molecule has 0 radical (unpaired) electrons. The summed E-state index contributed by atoms with van der Waals surface area (Å²) >= 11 is 0. The molecule has 0 heterocycles. The number of hydrogen-bond donors (Lipinski definition) is 1. The summed E-state index contributed by atoms with van der Waals surface area (Å²) in [7, 11) is 1.53. The van der Waals surface area contributed by atoms with E-state index < -0.39 is 5.97 Å². The van der Waals surface area contributed by atoms with Gasteiger partial charge in [-0.2, -0.15) is 0 Å². The number of carbonyl (C=O) groups excluding carboxylic acids is 1. The summed E-state index contributed by atoms with van der Waals surface area (Å²) in [4.78, 5) is 22.5. The van der Waals surface area contributed by atoms with Crippen molar-refractivity contribution >= 4 is 11.8 Å². The highest BCUT2D eigenvalue weighted by Gasteiger charge is 2.15. The van der Waals surface area contributed by atoms with E-state index in [4.69, 9.17) is 9.84 Å². The molecule has 0 atom stereocenters. The van der Waals surface area contributed by atoms with Crippen molar-refractivity contribution in [3.63, 3.8) is 0 Å². The second kappa shape index (κ2) is 6.19. The minimum Gasteiger partial charge on any atom is -0.496 e. The van der Waals surface area contributed by atoms with E-state index in [2.05, 4.69) is 0 Å². The molecule has 0 fully saturated rings. The molecule has 4 nitrogen and oxygen atoms in total. The van der Waals surface area contributed by atoms with Crippen molar-refractivity contribution in [2.45, 2.75) is 33.1 Å². The number of carboxylic acid groups (broad SMARTS) is 1. The molecule has 0 spiro atoms. The fraction of sp³-hybridized carbons (Fsp3) is 0.429. The van der Waals surface area contributed by atoms with Crippen LogP contribution in [0.25, 0.3) is 0 Å². The molecule has 98 valence electrons. The first kappa shape index (κ1) is 14.2. The normalized spacial score (nSPS) is 10.2. The molecular weight excluding hydrogens is 232 g/mol. The Kier molecular flexibility index (Phi) is 4.89. The molecule has 0 aromatic heterocycles. The summed E-state index contributed by atoms with van der Waals surface area (Å²) in [6, 6.07) is 3.74. The zero-order chi connectivity index (χ0) is 13.7. The topological polar surface area (TPSA) is 63.6 Å². The Balaban J connectivity index is 2.87. The Morgan fingerprint density at radius 2 is 1.89 bits per heavy atom. The van der Waals surface area contributed by atoms with Crippen molar-refractivity contribution in [2.24, 2.45) is 0 Å². The lowest BCUT2D eigenvalue weighted by Crippen LogP contribution is -2.05. The number of aryl methyl sites for hydroxylation is 2. The van der Waals surface area contributed by atoms with Crippen molar-refractivity contribution in [1.29, 1.82) is 0 Å². The van der Waals surface area contributed by atoms with E-state index in [1.54, 1.807) is 6.07 Å². The van der Waals surface area contributed by atoms with Crippen molar-refractivity contribution < 1.29 is 19.4 Å². The quantitative estimate of drug-likeness (QED) is 0.788. The van der Waals surface area contributed by atoms with Crippen LogP contribution in [0.1, 0.15) is 40.7 Å². The molecule has 0 aliphatic rings. The van der Waals surface area contributed by atoms with E-state index in [1.807, 2.05) is 19.9 Å². The maximum Gasteiger partial charge on any atom is 0.303 e. The molecule has 0 saturated carbocycles. The molecule has 18 heavy (non-hydrogen) atoms. The van der Waals surface area contributed by atoms with Gasteiger partial charge in [-0.1, -0.05) is 6.07 Å². The van der Waals surface area contributed by atoms with E-state index in [0.717, 1.165) is 11.1 Å². The molecule has 0 saturated heterocycles. The first-order chi connectivity index (χ1) is 8.45. The van der Waals surface area contributed by atoms with Crippen LogP contribution in [0.4, 0.5) is 0 Å². The van der Waals surface area contributed by atoms with Crippen LogP contribution >= 0.6 is 0 Å². The average molecular weight is 250 g/mol. The maximum atomic E-state index is 12.0. The number of hydrogen-bond acceptors (Lipinski definition) is 3. The minimum atomic E-state index is -0.879. The van der Waals surface area contributed by atoms with Gasteiger partial charge in [0.15, 0.2) is 5.78 Å². The van der Waals surface area contributed by atoms with Gasteiger partial charge in [0.1, 0.15) is 5.75 Å². The van der Waals surface area contributed by atoms with Crippen molar-refractivity contribution in [3.05, 3.63) is 28.8 Å². The predicted molar refractivity (Wildman–Crippen MR) is 68.3 cm³/mol. The van der Waals surface area contributed by atoms with Gasteiger partial charge >= 0.3 is 5.97 Å². The highest BCUT2D eigenvalue weighted by Crippen LogP contribution is 2.26. The fourth-order valence-corrected chi connectivity index (χ4v) is 1.97. The third-order valence-corrected chi connectivity index (χ3v) is 2.72. The number of ether oxygens (including phenoxy) is 1. The summed E-state index contributed by atoms with van der Waals surface area (Å²) in [6.07, 6.45) is 0.592. The van der Waals surface area contributed by atoms with Crippen LogP contribution in [0.3, 0.4) is 0 Å². The summed E-state index contributed by atoms with van der Waals surface area (Å²) in [5.41, 5.74) is 2.45. The smallest absolute Gasteiger partial charge is 0.303 e. The molecule has 1 aromatic carbocycles. The number of aliphatic carboxylic acids is 1. The number of carbonyl (C=O) groups is 2. The number of benzene rings is 1. The molecular formula is C14H18O4. The molecule has 1 N–H and O–H groups in total. The van der Waals surface area contributed by atoms with Crippen LogP contribution in [0.15, 0.2) is 12.1 Å². The molecule has 0 unspecified atom stereocenters. The third-order valence-electron chi connectivity index (χ3n) is 2.72. The maximum absolute atomic E-state index is 12.0. The van der Waals surface area contributed by atoms with Gasteiger partial charge in [-0.3, -0.25) is 9.59 Å². The largest absolute Gasteiger partial charge is 0.496 e. The Labute approximate surface area is 107 Å². The number of Topliss-reactive ketones (excluding diaryl/α,β-unsaturated/α-hetero) is 1. The summed E-state index contributed by atoms with van der Waals surface area (Å²) in [5, 5.41) is 8.55. The number of ketones is 1. The van der Waals surface area contributed by atoms with E-state index in [0.29, 0.717) is 17.7 Å². The lowest BCUT2D eigenvalue weighted by Gasteiger charge is -2.11. The highest BCUT2D eigenvalue weighted by molar-refractivity contribution is 5.99. The van der Waals surface area contributed by atoms with Crippen molar-refractivity contribution in [3.8, 4) is 5.75 Å². The van der Waals surface area contributed by atoms with Gasteiger partial charge < -0.3 is 9.84 Å². The van der Waals surface area contributed by atoms with Crippen LogP contribution in [0.2, 0.25) is 0 Å². The van der Waals surface area contributed by atoms with Gasteiger partial charge in [-0.05, 0) is 37.5 Å². The number of methoxy groups -OCH3 is 1. The lowest BCUT2D eigenvalue weighted by molar-refractivity contribution is -0.137. The Hall–Kier alpha value is -1.84. The lowest BCUT2D eigenvalue weighted by atomic mass is 9.99. The summed E-state index contributed by atoms with van der Waals surface area (Å²) in [6.45, 7) is 3.81. The first-order valence-electron chi connectivity index (χ1n) is 5.86. The van der Waals surface area contributed by atoms with E-state index in [9.17, 15) is 9.59 Å². The highest BCUT2D eigenvalue weighted by atomic mass is 16.5. The van der Waals surface area contributed by atoms with Gasteiger partial charge in [-0.25, -0.2) is 0 Å². The average Bonchev–Trinajstić information content (AvgIpc) is 2.27. The first-order valence-corrected chi connectivity index (χ1v) is 5.86. The molecule has 4 heteroatoms. The van der Waals surface area contributed by atoms with Gasteiger partial charge in [0.2, 0.25) is 0 Å². The van der Waals surface area contributed by atoms with Gasteiger partial charge in [0.25, 0.3) is 0 Å². The van der Waals surface area contributed by atoms with Crippen LogP contribution < -0.4 is 4.74 Å². The van der Waals surface area contributed by atoms with Crippen LogP contribution in [0, 0.1) is 13.8 Å². The van der Waals surface area contributed by atoms with Crippen molar-refractivity contribution in [1.82, 2.24) is 0 Å². The SMILES string of the molecule is COc1c(C)cc(C)cc1C(=O)CCCC(=O)O. The van der Waals surface area contributed by atoms with E-state index >= 15 is 0 Å². The Morgan fingerprint density at radius 3 is 2.44 bits per heavy atom. The van der Waals surface area contributed by atoms with Gasteiger partial charge in [0, 0.05) is 12.8 Å². The molecule has 1 aromatic rings. The Morgan fingerprint density at radius 1 is 1.22 bits per heavy atom. The monoisotopic (exact) mass is 250 g/mol. The zero-order valence-corrected chi connectivity index (χ0v) is 10.9. The zero-order valence-electron chi connectivity index (χ0n) is 10.9. The standard InChI is InChI=1S/C14H18O4/c1-9-7-10(2)14(18-3)11(8-9)12(15)5-4-6-13(16)17/h7-8H,4-6H2,1-3H3,(H,16,17). The van der Waals surface area contributed by atoms with Crippen LogP contribution in [-0.4, -0.2) is 24.0 Å². The third kappa shape index (κ3) is 3.58. The number of carboxylic acids is 1. The molecule has 0 bridgehead atoms. The fourth-order valence-electron chi connectivity index (χ4n) is 1.97. The van der Waals surface area contributed by atoms with Crippen LogP contribution in [0.5, 0.6) is 5.75 Å². The predicted octanol–water partition coefficient (Wildman–Crippen LogP) is 2.75. The molecule has 1 rings (SSSR count). The van der Waals surface area contributed by atoms with Crippen LogP contribution in [-0.2, 0) is 4.79 Å².